The van der Waals surface area contributed by atoms with Crippen molar-refractivity contribution in [2.75, 3.05) is 18.5 Å². The smallest absolute Gasteiger partial charge is 0.327 e. The van der Waals surface area contributed by atoms with Crippen molar-refractivity contribution in [1.82, 2.24) is 5.32 Å². The number of esters is 2. The second-order valence-electron chi connectivity index (χ2n) is 7.90. The van der Waals surface area contributed by atoms with Gasteiger partial charge in [0.2, 0.25) is 5.91 Å². The zero-order chi connectivity index (χ0) is 20.9. The third kappa shape index (κ3) is 2.26. The molecule has 3 aliphatic rings. The highest BCUT2D eigenvalue weighted by atomic mass is 16.5. The van der Waals surface area contributed by atoms with Crippen LogP contribution in [0.1, 0.15) is 30.5 Å². The number of hydrogen-bond donors (Lipinski definition) is 2. The number of carbonyl (C=O) groups is 3. The van der Waals surface area contributed by atoms with Crippen LogP contribution in [0.3, 0.4) is 0 Å². The van der Waals surface area contributed by atoms with Gasteiger partial charge in [0, 0.05) is 12.1 Å². The molecule has 0 unspecified atom stereocenters. The van der Waals surface area contributed by atoms with Crippen molar-refractivity contribution in [3.05, 3.63) is 65.7 Å². The van der Waals surface area contributed by atoms with Crippen LogP contribution in [-0.4, -0.2) is 36.6 Å². The molecule has 0 radical (unpaired) electrons. The lowest BCUT2D eigenvalue weighted by molar-refractivity contribution is -0.159. The molecule has 0 aromatic heterocycles. The highest BCUT2D eigenvalue weighted by Crippen LogP contribution is 2.60. The number of benzene rings is 2. The molecule has 0 aliphatic carbocycles. The standard InChI is InChI=1S/C23H22N2O5/c1-2-29-19(26)17-22(12-13-30-21(22)28)25-18(14-8-4-3-5-9-14)23(17)15-10-6-7-11-16(15)24-20(23)27/h3-11,17-18,25H,2,12-13H2,1H3,(H,24,27)/t17-,18+,22+,23+/m1/s1. The molecule has 30 heavy (non-hydrogen) atoms. The van der Waals surface area contributed by atoms with Crippen molar-refractivity contribution in [2.24, 2.45) is 5.92 Å². The molecule has 0 bridgehead atoms. The predicted octanol–water partition coefficient (Wildman–Crippen LogP) is 2.09. The fourth-order valence-corrected chi connectivity index (χ4v) is 5.42. The van der Waals surface area contributed by atoms with Gasteiger partial charge in [0.25, 0.3) is 0 Å². The van der Waals surface area contributed by atoms with Crippen molar-refractivity contribution in [3.8, 4) is 0 Å². The average Bonchev–Trinajstić information content (AvgIpc) is 3.37. The normalized spacial score (nSPS) is 31.6. The molecule has 2 saturated heterocycles. The Bertz CT molecular complexity index is 1040. The fraction of sp³-hybridized carbons (Fsp3) is 0.348. The number of cyclic esters (lactones) is 1. The monoisotopic (exact) mass is 406 g/mol. The molecule has 5 rings (SSSR count). The van der Waals surface area contributed by atoms with Gasteiger partial charge in [-0.3, -0.25) is 19.7 Å². The van der Waals surface area contributed by atoms with Gasteiger partial charge in [-0.15, -0.1) is 0 Å². The molecular formula is C23H22N2O5. The summed E-state index contributed by atoms with van der Waals surface area (Å²) in [5.74, 6) is -2.47. The van der Waals surface area contributed by atoms with Gasteiger partial charge in [-0.2, -0.15) is 0 Å². The summed E-state index contributed by atoms with van der Waals surface area (Å²) in [4.78, 5) is 40.1. The number of para-hydroxylation sites is 1. The van der Waals surface area contributed by atoms with Crippen molar-refractivity contribution >= 4 is 23.5 Å². The van der Waals surface area contributed by atoms with E-state index in [9.17, 15) is 14.4 Å². The van der Waals surface area contributed by atoms with E-state index in [1.807, 2.05) is 54.6 Å². The van der Waals surface area contributed by atoms with Gasteiger partial charge in [0.1, 0.15) is 16.9 Å². The van der Waals surface area contributed by atoms with Crippen LogP contribution in [0.15, 0.2) is 54.6 Å². The van der Waals surface area contributed by atoms with Gasteiger partial charge in [0.05, 0.1) is 19.3 Å². The quantitative estimate of drug-likeness (QED) is 0.758. The molecule has 0 saturated carbocycles. The Kier molecular flexibility index (Phi) is 4.18. The number of hydrogen-bond acceptors (Lipinski definition) is 6. The van der Waals surface area contributed by atoms with E-state index in [-0.39, 0.29) is 25.5 Å². The Morgan fingerprint density at radius 3 is 2.57 bits per heavy atom. The second kappa shape index (κ2) is 6.67. The van der Waals surface area contributed by atoms with Crippen molar-refractivity contribution in [1.29, 1.82) is 0 Å². The molecule has 2 fully saturated rings. The topological polar surface area (TPSA) is 93.7 Å². The van der Waals surface area contributed by atoms with Crippen LogP contribution >= 0.6 is 0 Å². The third-order valence-corrected chi connectivity index (χ3v) is 6.55. The molecular weight excluding hydrogens is 384 g/mol. The first-order chi connectivity index (χ1) is 14.6. The number of amides is 1. The molecule has 2 N–H and O–H groups in total. The summed E-state index contributed by atoms with van der Waals surface area (Å²) >= 11 is 0. The van der Waals surface area contributed by atoms with Crippen LogP contribution in [0.5, 0.6) is 0 Å². The van der Waals surface area contributed by atoms with E-state index in [1.54, 1.807) is 6.92 Å². The van der Waals surface area contributed by atoms with Crippen LogP contribution in [0.2, 0.25) is 0 Å². The lowest BCUT2D eigenvalue weighted by Crippen LogP contribution is -2.56. The van der Waals surface area contributed by atoms with Crippen molar-refractivity contribution < 1.29 is 23.9 Å². The van der Waals surface area contributed by atoms with Crippen molar-refractivity contribution in [3.63, 3.8) is 0 Å². The fourth-order valence-electron chi connectivity index (χ4n) is 5.42. The molecule has 7 nitrogen and oxygen atoms in total. The Morgan fingerprint density at radius 2 is 1.87 bits per heavy atom. The molecule has 3 aliphatic heterocycles. The van der Waals surface area contributed by atoms with E-state index < -0.39 is 34.9 Å². The summed E-state index contributed by atoms with van der Waals surface area (Å²) in [5.41, 5.74) is -0.529. The number of ether oxygens (including phenoxy) is 2. The largest absolute Gasteiger partial charge is 0.466 e. The van der Waals surface area contributed by atoms with Crippen LogP contribution in [0, 0.1) is 5.92 Å². The Labute approximate surface area is 173 Å². The average molecular weight is 406 g/mol. The maximum atomic E-state index is 13.7. The van der Waals surface area contributed by atoms with Gasteiger partial charge in [0.15, 0.2) is 0 Å². The summed E-state index contributed by atoms with van der Waals surface area (Å²) in [7, 11) is 0. The van der Waals surface area contributed by atoms with E-state index in [0.717, 1.165) is 5.56 Å². The minimum absolute atomic E-state index is 0.149. The Balaban J connectivity index is 1.82. The van der Waals surface area contributed by atoms with E-state index in [4.69, 9.17) is 9.47 Å². The number of carbonyl (C=O) groups excluding carboxylic acids is 3. The van der Waals surface area contributed by atoms with Crippen LogP contribution in [0.25, 0.3) is 0 Å². The highest BCUT2D eigenvalue weighted by molar-refractivity contribution is 6.12. The minimum Gasteiger partial charge on any atom is -0.466 e. The zero-order valence-electron chi connectivity index (χ0n) is 16.5. The van der Waals surface area contributed by atoms with Crippen LogP contribution < -0.4 is 10.6 Å². The first-order valence-corrected chi connectivity index (χ1v) is 10.1. The Hall–Kier alpha value is -3.19. The number of anilines is 1. The lowest BCUT2D eigenvalue weighted by atomic mass is 9.62. The van der Waals surface area contributed by atoms with E-state index in [0.29, 0.717) is 11.3 Å². The van der Waals surface area contributed by atoms with Crippen LogP contribution in [0.4, 0.5) is 5.69 Å². The molecule has 2 aromatic carbocycles. The second-order valence-corrected chi connectivity index (χ2v) is 7.90. The van der Waals surface area contributed by atoms with Gasteiger partial charge in [-0.1, -0.05) is 48.5 Å². The third-order valence-electron chi connectivity index (χ3n) is 6.55. The number of rotatable bonds is 3. The summed E-state index contributed by atoms with van der Waals surface area (Å²) < 4.78 is 10.7. The van der Waals surface area contributed by atoms with Gasteiger partial charge in [-0.25, -0.2) is 0 Å². The number of fused-ring (bicyclic) bond motifs is 2. The predicted molar refractivity (Wildman–Crippen MR) is 107 cm³/mol. The van der Waals surface area contributed by atoms with E-state index in [1.165, 1.54) is 0 Å². The first kappa shape index (κ1) is 18.8. The van der Waals surface area contributed by atoms with Gasteiger partial charge in [-0.05, 0) is 24.1 Å². The van der Waals surface area contributed by atoms with E-state index in [2.05, 4.69) is 10.6 Å². The van der Waals surface area contributed by atoms with Crippen LogP contribution in [-0.2, 0) is 29.3 Å². The van der Waals surface area contributed by atoms with Gasteiger partial charge < -0.3 is 14.8 Å². The molecule has 154 valence electrons. The summed E-state index contributed by atoms with van der Waals surface area (Å²) in [6.45, 7) is 2.04. The molecule has 4 atom stereocenters. The summed E-state index contributed by atoms with van der Waals surface area (Å²) in [6.07, 6.45) is 0.288. The molecule has 2 aromatic rings. The maximum absolute atomic E-state index is 13.7. The lowest BCUT2D eigenvalue weighted by Gasteiger charge is -2.34. The van der Waals surface area contributed by atoms with Gasteiger partial charge >= 0.3 is 11.9 Å². The molecule has 2 spiro atoms. The minimum atomic E-state index is -1.34. The summed E-state index contributed by atoms with van der Waals surface area (Å²) in [5, 5.41) is 6.33. The van der Waals surface area contributed by atoms with Crippen molar-refractivity contribution in [2.45, 2.75) is 30.3 Å². The maximum Gasteiger partial charge on any atom is 0.327 e. The Morgan fingerprint density at radius 1 is 1.13 bits per heavy atom. The summed E-state index contributed by atoms with van der Waals surface area (Å²) in [6, 6.07) is 16.1. The zero-order valence-corrected chi connectivity index (χ0v) is 16.5. The first-order valence-electron chi connectivity index (χ1n) is 10.1. The van der Waals surface area contributed by atoms with E-state index >= 15 is 0 Å². The highest BCUT2D eigenvalue weighted by Gasteiger charge is 2.75. The SMILES string of the molecule is CCOC(=O)[C@H]1[C@]2(C(=O)Nc3ccccc32)[C@H](c2ccccc2)N[C@@]12CCOC2=O. The molecule has 3 heterocycles. The number of nitrogens with one attached hydrogen (secondary N) is 2. The molecule has 1 amide bonds. The molecule has 7 heteroatoms.